The van der Waals surface area contributed by atoms with Gasteiger partial charge in [-0.2, -0.15) is 0 Å². The van der Waals surface area contributed by atoms with Gasteiger partial charge in [-0.25, -0.2) is 9.97 Å². The van der Waals surface area contributed by atoms with Gasteiger partial charge in [-0.15, -0.1) is 0 Å². The molecule has 0 aliphatic carbocycles. The van der Waals surface area contributed by atoms with Crippen molar-refractivity contribution < 1.29 is 10.0 Å². The molecule has 1 amide bonds. The molecule has 0 saturated heterocycles. The Hall–Kier alpha value is -2.47. The third-order valence-corrected chi connectivity index (χ3v) is 2.80. The number of amides is 1. The molecule has 0 radical (unpaired) electrons. The number of benzene rings is 1. The van der Waals surface area contributed by atoms with Crippen molar-refractivity contribution in [3.8, 4) is 0 Å². The predicted molar refractivity (Wildman–Crippen MR) is 80.4 cm³/mol. The number of hydroxylamine groups is 1. The molecule has 0 saturated carbocycles. The normalized spacial score (nSPS) is 11.0. The van der Waals surface area contributed by atoms with Gasteiger partial charge in [0.15, 0.2) is 0 Å². The molecule has 2 rings (SSSR count). The van der Waals surface area contributed by atoms with Crippen LogP contribution in [0.5, 0.6) is 0 Å². The molecule has 21 heavy (non-hydrogen) atoms. The van der Waals surface area contributed by atoms with Crippen molar-refractivity contribution in [2.45, 2.75) is 26.3 Å². The number of hydrogen-bond acceptors (Lipinski definition) is 5. The summed E-state index contributed by atoms with van der Waals surface area (Å²) < 4.78 is 0. The van der Waals surface area contributed by atoms with Crippen LogP contribution in [0.15, 0.2) is 42.7 Å². The smallest absolute Gasteiger partial charge is 0.258 e. The first-order valence-corrected chi connectivity index (χ1v) is 6.55. The molecule has 0 atom stereocenters. The van der Waals surface area contributed by atoms with E-state index in [1.165, 1.54) is 0 Å². The van der Waals surface area contributed by atoms with E-state index in [1.807, 2.05) is 20.8 Å². The van der Waals surface area contributed by atoms with Crippen molar-refractivity contribution in [2.75, 3.05) is 10.4 Å². The lowest BCUT2D eigenvalue weighted by atomic mass is 10.1. The third kappa shape index (κ3) is 3.76. The van der Waals surface area contributed by atoms with Crippen LogP contribution in [0.4, 0.5) is 11.6 Å². The van der Waals surface area contributed by atoms with Gasteiger partial charge in [0.05, 0.1) is 11.2 Å². The third-order valence-electron chi connectivity index (χ3n) is 2.80. The van der Waals surface area contributed by atoms with Crippen LogP contribution in [-0.4, -0.2) is 26.6 Å². The highest BCUT2D eigenvalue weighted by atomic mass is 16.5. The molecule has 2 N–H and O–H groups in total. The summed E-state index contributed by atoms with van der Waals surface area (Å²) in [7, 11) is 0. The highest BCUT2D eigenvalue weighted by Gasteiger charge is 2.20. The molecule has 6 nitrogen and oxygen atoms in total. The zero-order valence-electron chi connectivity index (χ0n) is 12.2. The minimum atomic E-state index is -0.415. The largest absolute Gasteiger partial charge is 0.290 e. The summed E-state index contributed by atoms with van der Waals surface area (Å²) in [5, 5.41) is 13.8. The van der Waals surface area contributed by atoms with Gasteiger partial charge in [-0.1, -0.05) is 0 Å². The first-order valence-electron chi connectivity index (χ1n) is 6.55. The zero-order valence-corrected chi connectivity index (χ0v) is 12.2. The fourth-order valence-corrected chi connectivity index (χ4v) is 1.68. The fourth-order valence-electron chi connectivity index (χ4n) is 1.68. The number of hydrogen-bond donors (Lipinski definition) is 2. The van der Waals surface area contributed by atoms with Crippen molar-refractivity contribution in [1.29, 1.82) is 0 Å². The Balaban J connectivity index is 2.10. The standard InChI is InChI=1S/C15H18N4O2/c1-15(2,3)19(21)12-7-5-11(6-8-12)13(20)18-14-16-9-4-10-17-14/h4-10,21H,1-3H3,(H,16,17,18,20). The highest BCUT2D eigenvalue weighted by molar-refractivity contribution is 6.03. The number of nitrogens with zero attached hydrogens (tertiary/aromatic N) is 3. The maximum absolute atomic E-state index is 12.0. The summed E-state index contributed by atoms with van der Waals surface area (Å²) in [4.78, 5) is 19.9. The van der Waals surface area contributed by atoms with E-state index >= 15 is 0 Å². The highest BCUT2D eigenvalue weighted by Crippen LogP contribution is 2.21. The Morgan fingerprint density at radius 2 is 1.71 bits per heavy atom. The minimum Gasteiger partial charge on any atom is -0.290 e. The van der Waals surface area contributed by atoms with E-state index in [9.17, 15) is 10.0 Å². The Morgan fingerprint density at radius 1 is 1.14 bits per heavy atom. The molecular formula is C15H18N4O2. The lowest BCUT2D eigenvalue weighted by Crippen LogP contribution is -2.38. The second-order valence-corrected chi connectivity index (χ2v) is 5.56. The quantitative estimate of drug-likeness (QED) is 0.848. The van der Waals surface area contributed by atoms with Crippen LogP contribution in [-0.2, 0) is 0 Å². The molecular weight excluding hydrogens is 268 g/mol. The van der Waals surface area contributed by atoms with E-state index in [1.54, 1.807) is 42.7 Å². The molecule has 1 aromatic heterocycles. The topological polar surface area (TPSA) is 78.4 Å². The second kappa shape index (κ2) is 5.88. The first-order chi connectivity index (χ1) is 9.88. The van der Waals surface area contributed by atoms with Gasteiger partial charge in [-0.05, 0) is 51.1 Å². The number of nitrogens with one attached hydrogen (secondary N) is 1. The van der Waals surface area contributed by atoms with Gasteiger partial charge < -0.3 is 0 Å². The molecule has 2 aromatic rings. The molecule has 0 spiro atoms. The second-order valence-electron chi connectivity index (χ2n) is 5.56. The minimum absolute atomic E-state index is 0.255. The van der Waals surface area contributed by atoms with Crippen LogP contribution in [0.2, 0.25) is 0 Å². The van der Waals surface area contributed by atoms with E-state index in [4.69, 9.17) is 0 Å². The monoisotopic (exact) mass is 286 g/mol. The van der Waals surface area contributed by atoms with Gasteiger partial charge in [-0.3, -0.25) is 20.4 Å². The lowest BCUT2D eigenvalue weighted by Gasteiger charge is -2.31. The van der Waals surface area contributed by atoms with Gasteiger partial charge >= 0.3 is 0 Å². The number of carbonyl (C=O) groups excluding carboxylic acids is 1. The molecule has 1 aromatic carbocycles. The zero-order chi connectivity index (χ0) is 15.5. The van der Waals surface area contributed by atoms with Crippen LogP contribution in [0.1, 0.15) is 31.1 Å². The van der Waals surface area contributed by atoms with E-state index in [0.717, 1.165) is 5.06 Å². The molecule has 0 aliphatic heterocycles. The van der Waals surface area contributed by atoms with Crippen molar-refractivity contribution in [1.82, 2.24) is 9.97 Å². The van der Waals surface area contributed by atoms with Gasteiger partial charge in [0.1, 0.15) is 0 Å². The van der Waals surface area contributed by atoms with E-state index in [0.29, 0.717) is 11.3 Å². The summed E-state index contributed by atoms with van der Waals surface area (Å²) >= 11 is 0. The van der Waals surface area contributed by atoms with Crippen molar-refractivity contribution in [3.05, 3.63) is 48.3 Å². The molecule has 1 heterocycles. The van der Waals surface area contributed by atoms with Crippen LogP contribution in [0.3, 0.4) is 0 Å². The Bertz CT molecular complexity index is 606. The first kappa shape index (κ1) is 14.9. The lowest BCUT2D eigenvalue weighted by molar-refractivity contribution is 0.102. The van der Waals surface area contributed by atoms with Gasteiger partial charge in [0.25, 0.3) is 5.91 Å². The maximum Gasteiger partial charge on any atom is 0.258 e. The van der Waals surface area contributed by atoms with E-state index in [-0.39, 0.29) is 11.9 Å². The fraction of sp³-hybridized carbons (Fsp3) is 0.267. The molecule has 0 bridgehead atoms. The number of aromatic nitrogens is 2. The SMILES string of the molecule is CC(C)(C)N(O)c1ccc(C(=O)Nc2ncccn2)cc1. The average Bonchev–Trinajstić information content (AvgIpc) is 2.46. The van der Waals surface area contributed by atoms with Crippen molar-refractivity contribution in [3.63, 3.8) is 0 Å². The average molecular weight is 286 g/mol. The molecule has 0 aliphatic rings. The summed E-state index contributed by atoms with van der Waals surface area (Å²) in [6, 6.07) is 8.33. The molecule has 0 unspecified atom stereocenters. The van der Waals surface area contributed by atoms with Gasteiger partial charge in [0, 0.05) is 18.0 Å². The number of rotatable bonds is 3. The Morgan fingerprint density at radius 3 is 2.24 bits per heavy atom. The number of carbonyl (C=O) groups is 1. The van der Waals surface area contributed by atoms with Crippen LogP contribution in [0, 0.1) is 0 Å². The summed E-state index contributed by atoms with van der Waals surface area (Å²) in [5.41, 5.74) is 0.672. The van der Waals surface area contributed by atoms with Crippen molar-refractivity contribution in [2.24, 2.45) is 0 Å². The van der Waals surface area contributed by atoms with Gasteiger partial charge in [0.2, 0.25) is 5.95 Å². The van der Waals surface area contributed by atoms with E-state index < -0.39 is 5.54 Å². The van der Waals surface area contributed by atoms with E-state index in [2.05, 4.69) is 15.3 Å². The van der Waals surface area contributed by atoms with Crippen LogP contribution in [0.25, 0.3) is 0 Å². The van der Waals surface area contributed by atoms with Crippen LogP contribution >= 0.6 is 0 Å². The summed E-state index contributed by atoms with van der Waals surface area (Å²) in [6.45, 7) is 5.67. The van der Waals surface area contributed by atoms with Crippen molar-refractivity contribution >= 4 is 17.5 Å². The summed E-state index contributed by atoms with van der Waals surface area (Å²) in [6.07, 6.45) is 3.11. The molecule has 110 valence electrons. The summed E-state index contributed by atoms with van der Waals surface area (Å²) in [5.74, 6) is -0.0435. The van der Waals surface area contributed by atoms with Crippen LogP contribution < -0.4 is 10.4 Å². The maximum atomic E-state index is 12.0. The Kier molecular flexibility index (Phi) is 4.18. The predicted octanol–water partition coefficient (Wildman–Crippen LogP) is 2.72. The molecule has 6 heteroatoms. The number of anilines is 2. The Labute approximate surface area is 123 Å². The molecule has 0 fully saturated rings.